The van der Waals surface area contributed by atoms with Gasteiger partial charge in [0.05, 0.1) is 39.0 Å². The molecule has 1 heterocycles. The van der Waals surface area contributed by atoms with Gasteiger partial charge < -0.3 is 29.0 Å². The number of benzene rings is 2. The maximum atomic E-state index is 13.1. The molecule has 0 bridgehead atoms. The van der Waals surface area contributed by atoms with Crippen molar-refractivity contribution in [1.29, 1.82) is 0 Å². The Morgan fingerprint density at radius 1 is 1.00 bits per heavy atom. The molecule has 8 heteroatoms. The number of nitrogens with zero attached hydrogens (tertiary/aromatic N) is 1. The van der Waals surface area contributed by atoms with E-state index in [2.05, 4.69) is 0 Å². The summed E-state index contributed by atoms with van der Waals surface area (Å²) >= 11 is 0. The van der Waals surface area contributed by atoms with E-state index in [1.54, 1.807) is 36.4 Å². The van der Waals surface area contributed by atoms with Gasteiger partial charge in [0.25, 0.3) is 11.7 Å². The molecule has 1 aliphatic rings. The van der Waals surface area contributed by atoms with Gasteiger partial charge in [-0.3, -0.25) is 9.59 Å². The van der Waals surface area contributed by atoms with Crippen LogP contribution >= 0.6 is 0 Å². The largest absolute Gasteiger partial charge is 0.507 e. The van der Waals surface area contributed by atoms with E-state index in [-0.39, 0.29) is 24.5 Å². The van der Waals surface area contributed by atoms with Crippen LogP contribution in [0.4, 0.5) is 0 Å². The fourth-order valence-electron chi connectivity index (χ4n) is 3.78. The Labute approximate surface area is 193 Å². The zero-order valence-corrected chi connectivity index (χ0v) is 19.3. The fraction of sp³-hybridized carbons (Fsp3) is 0.360. The Balaban J connectivity index is 2.15. The molecular formula is C25H29NO7. The van der Waals surface area contributed by atoms with Crippen LogP contribution in [0.5, 0.6) is 17.2 Å². The maximum absolute atomic E-state index is 13.1. The number of ketones is 1. The van der Waals surface area contributed by atoms with Crippen molar-refractivity contribution in [2.45, 2.75) is 19.4 Å². The number of likely N-dealkylation sites (tertiary alicyclic amines) is 1. The monoisotopic (exact) mass is 455 g/mol. The van der Waals surface area contributed by atoms with Crippen LogP contribution in [0.3, 0.4) is 0 Å². The first-order valence-electron chi connectivity index (χ1n) is 10.7. The Kier molecular flexibility index (Phi) is 7.95. The normalized spacial score (nSPS) is 17.3. The number of aliphatic hydroxyl groups excluding tert-OH is 1. The zero-order valence-electron chi connectivity index (χ0n) is 19.3. The molecule has 2 aromatic carbocycles. The highest BCUT2D eigenvalue weighted by Gasteiger charge is 2.46. The SMILES string of the molecule is CCCOc1cccc(C2/C(=C(\O)c3ccc(OC)c(OC)c3)C(=O)C(=O)N2CCOC)c1. The van der Waals surface area contributed by atoms with Crippen molar-refractivity contribution in [3.8, 4) is 17.2 Å². The van der Waals surface area contributed by atoms with E-state index >= 15 is 0 Å². The number of Topliss-reactive ketones (excluding diaryl/α,β-unsaturated/α-hetero) is 1. The summed E-state index contributed by atoms with van der Waals surface area (Å²) in [5, 5.41) is 11.2. The minimum absolute atomic E-state index is 0.00374. The van der Waals surface area contributed by atoms with Crippen LogP contribution in [-0.4, -0.2) is 62.8 Å². The molecule has 0 aliphatic carbocycles. The van der Waals surface area contributed by atoms with Gasteiger partial charge in [-0.2, -0.15) is 0 Å². The molecule has 176 valence electrons. The summed E-state index contributed by atoms with van der Waals surface area (Å²) in [7, 11) is 4.51. The first-order chi connectivity index (χ1) is 16.0. The number of ether oxygens (including phenoxy) is 4. The summed E-state index contributed by atoms with van der Waals surface area (Å²) in [4.78, 5) is 27.4. The molecule has 3 rings (SSSR count). The van der Waals surface area contributed by atoms with Gasteiger partial charge in [-0.25, -0.2) is 0 Å². The summed E-state index contributed by atoms with van der Waals surface area (Å²) in [5.41, 5.74) is 0.984. The van der Waals surface area contributed by atoms with Gasteiger partial charge in [0.2, 0.25) is 0 Å². The standard InChI is InChI=1S/C25H29NO7/c1-5-12-33-18-8-6-7-16(14-18)22-21(24(28)25(29)26(22)11-13-30-2)23(27)17-9-10-19(31-3)20(15-17)32-4/h6-10,14-15,22,27H,5,11-13H2,1-4H3/b23-21+. The number of hydrogen-bond donors (Lipinski definition) is 1. The van der Waals surface area contributed by atoms with Crippen molar-refractivity contribution in [1.82, 2.24) is 4.90 Å². The molecule has 1 N–H and O–H groups in total. The van der Waals surface area contributed by atoms with Gasteiger partial charge in [0.1, 0.15) is 11.5 Å². The maximum Gasteiger partial charge on any atom is 0.295 e. The summed E-state index contributed by atoms with van der Waals surface area (Å²) in [6, 6.07) is 11.2. The van der Waals surface area contributed by atoms with E-state index in [9.17, 15) is 14.7 Å². The molecule has 1 atom stereocenters. The Morgan fingerprint density at radius 2 is 1.76 bits per heavy atom. The average Bonchev–Trinajstić information content (AvgIpc) is 3.10. The fourth-order valence-corrected chi connectivity index (χ4v) is 3.78. The zero-order chi connectivity index (χ0) is 24.0. The molecule has 0 spiro atoms. The van der Waals surface area contributed by atoms with E-state index in [4.69, 9.17) is 18.9 Å². The second kappa shape index (κ2) is 10.9. The molecule has 1 saturated heterocycles. The Hall–Kier alpha value is -3.52. The van der Waals surface area contributed by atoms with Crippen molar-refractivity contribution in [3.05, 3.63) is 59.2 Å². The predicted octanol–water partition coefficient (Wildman–Crippen LogP) is 3.56. The van der Waals surface area contributed by atoms with Gasteiger partial charge in [-0.05, 0) is 42.3 Å². The van der Waals surface area contributed by atoms with Crippen LogP contribution in [0.15, 0.2) is 48.0 Å². The molecule has 1 aliphatic heterocycles. The van der Waals surface area contributed by atoms with Crippen molar-refractivity contribution in [3.63, 3.8) is 0 Å². The smallest absolute Gasteiger partial charge is 0.295 e. The summed E-state index contributed by atoms with van der Waals surface area (Å²) in [5.74, 6) is -0.257. The third-order valence-electron chi connectivity index (χ3n) is 5.38. The van der Waals surface area contributed by atoms with Crippen molar-refractivity contribution in [2.24, 2.45) is 0 Å². The van der Waals surface area contributed by atoms with E-state index in [1.165, 1.54) is 26.2 Å². The Bertz CT molecular complexity index is 1050. The quantitative estimate of drug-likeness (QED) is 0.333. The molecule has 0 saturated carbocycles. The first-order valence-corrected chi connectivity index (χ1v) is 10.7. The van der Waals surface area contributed by atoms with Crippen LogP contribution in [-0.2, 0) is 14.3 Å². The highest BCUT2D eigenvalue weighted by atomic mass is 16.5. The number of methoxy groups -OCH3 is 3. The highest BCUT2D eigenvalue weighted by molar-refractivity contribution is 6.46. The molecule has 0 aromatic heterocycles. The topological polar surface area (TPSA) is 94.5 Å². The number of hydrogen-bond acceptors (Lipinski definition) is 7. The van der Waals surface area contributed by atoms with E-state index < -0.39 is 17.7 Å². The number of aliphatic hydroxyl groups is 1. The van der Waals surface area contributed by atoms with Crippen LogP contribution in [0, 0.1) is 0 Å². The molecule has 1 amide bonds. The van der Waals surface area contributed by atoms with Crippen LogP contribution in [0.2, 0.25) is 0 Å². The summed E-state index contributed by atoms with van der Waals surface area (Å²) in [6.07, 6.45) is 0.843. The van der Waals surface area contributed by atoms with Crippen molar-refractivity contribution in [2.75, 3.05) is 41.1 Å². The lowest BCUT2D eigenvalue weighted by Gasteiger charge is -2.25. The summed E-state index contributed by atoms with van der Waals surface area (Å²) in [6.45, 7) is 2.98. The number of carbonyl (C=O) groups is 2. The molecule has 33 heavy (non-hydrogen) atoms. The minimum Gasteiger partial charge on any atom is -0.507 e. The van der Waals surface area contributed by atoms with Crippen LogP contribution in [0.1, 0.15) is 30.5 Å². The Morgan fingerprint density at radius 3 is 2.42 bits per heavy atom. The number of carbonyl (C=O) groups excluding carboxylic acids is 2. The third-order valence-corrected chi connectivity index (χ3v) is 5.38. The average molecular weight is 456 g/mol. The van der Waals surface area contributed by atoms with E-state index in [0.29, 0.717) is 35.0 Å². The van der Waals surface area contributed by atoms with Gasteiger partial charge in [0, 0.05) is 19.2 Å². The van der Waals surface area contributed by atoms with Gasteiger partial charge in [-0.1, -0.05) is 19.1 Å². The van der Waals surface area contributed by atoms with E-state index in [1.807, 2.05) is 13.0 Å². The van der Waals surface area contributed by atoms with Crippen molar-refractivity contribution >= 4 is 17.4 Å². The molecule has 1 fully saturated rings. The highest BCUT2D eigenvalue weighted by Crippen LogP contribution is 2.41. The lowest BCUT2D eigenvalue weighted by Crippen LogP contribution is -2.32. The second-order valence-corrected chi connectivity index (χ2v) is 7.48. The molecule has 8 nitrogen and oxygen atoms in total. The van der Waals surface area contributed by atoms with Crippen LogP contribution in [0.25, 0.3) is 5.76 Å². The lowest BCUT2D eigenvalue weighted by atomic mass is 9.95. The van der Waals surface area contributed by atoms with Gasteiger partial charge in [0.15, 0.2) is 11.5 Å². The van der Waals surface area contributed by atoms with E-state index in [0.717, 1.165) is 6.42 Å². The predicted molar refractivity (Wildman–Crippen MR) is 123 cm³/mol. The molecule has 0 radical (unpaired) electrons. The van der Waals surface area contributed by atoms with Crippen molar-refractivity contribution < 1.29 is 33.6 Å². The molecule has 2 aromatic rings. The number of amides is 1. The van der Waals surface area contributed by atoms with Crippen LogP contribution < -0.4 is 14.2 Å². The molecule has 1 unspecified atom stereocenters. The third kappa shape index (κ3) is 4.96. The number of rotatable bonds is 10. The van der Waals surface area contributed by atoms with Gasteiger partial charge in [-0.15, -0.1) is 0 Å². The summed E-state index contributed by atoms with van der Waals surface area (Å²) < 4.78 is 21.5. The lowest BCUT2D eigenvalue weighted by molar-refractivity contribution is -0.140. The second-order valence-electron chi connectivity index (χ2n) is 7.48. The first kappa shape index (κ1) is 24.1. The van der Waals surface area contributed by atoms with Gasteiger partial charge >= 0.3 is 0 Å². The minimum atomic E-state index is -0.793. The molecular weight excluding hydrogens is 426 g/mol.